The number of carbonyl (C=O) groups is 2. The molecular formula is C17H10FNO3S2. The highest BCUT2D eigenvalue weighted by atomic mass is 32.2. The second-order valence-electron chi connectivity index (χ2n) is 4.89. The number of rotatable bonds is 3. The van der Waals surface area contributed by atoms with Gasteiger partial charge in [-0.3, -0.25) is 9.69 Å². The van der Waals surface area contributed by atoms with Crippen LogP contribution in [-0.2, 0) is 4.79 Å². The van der Waals surface area contributed by atoms with Crippen LogP contribution in [0.4, 0.5) is 10.1 Å². The van der Waals surface area contributed by atoms with Crippen molar-refractivity contribution in [2.75, 3.05) is 4.90 Å². The van der Waals surface area contributed by atoms with E-state index in [2.05, 4.69) is 0 Å². The summed E-state index contributed by atoms with van der Waals surface area (Å²) < 4.78 is 14.0. The Morgan fingerprint density at radius 3 is 2.67 bits per heavy atom. The molecule has 0 unspecified atom stereocenters. The monoisotopic (exact) mass is 359 g/mol. The number of hydrogen-bond acceptors (Lipinski definition) is 4. The molecule has 0 aromatic heterocycles. The van der Waals surface area contributed by atoms with Crippen LogP contribution < -0.4 is 4.90 Å². The minimum absolute atomic E-state index is 0.0552. The highest BCUT2D eigenvalue weighted by molar-refractivity contribution is 8.27. The van der Waals surface area contributed by atoms with Crippen LogP contribution in [0.25, 0.3) is 6.08 Å². The molecule has 0 saturated carbocycles. The lowest BCUT2D eigenvalue weighted by Crippen LogP contribution is -2.27. The van der Waals surface area contributed by atoms with Crippen molar-refractivity contribution in [3.05, 3.63) is 70.4 Å². The Balaban J connectivity index is 1.97. The van der Waals surface area contributed by atoms with Gasteiger partial charge in [-0.05, 0) is 30.3 Å². The van der Waals surface area contributed by atoms with E-state index in [1.807, 2.05) is 0 Å². The summed E-state index contributed by atoms with van der Waals surface area (Å²) in [5.74, 6) is -1.93. The zero-order chi connectivity index (χ0) is 17.3. The van der Waals surface area contributed by atoms with Crippen LogP contribution in [0.5, 0.6) is 0 Å². The van der Waals surface area contributed by atoms with E-state index in [4.69, 9.17) is 17.3 Å². The minimum atomic E-state index is -1.09. The third-order valence-electron chi connectivity index (χ3n) is 3.34. The molecule has 2 aromatic rings. The summed E-state index contributed by atoms with van der Waals surface area (Å²) in [7, 11) is 0. The van der Waals surface area contributed by atoms with Crippen molar-refractivity contribution in [3.8, 4) is 0 Å². The van der Waals surface area contributed by atoms with Crippen LogP contribution in [0, 0.1) is 5.82 Å². The third kappa shape index (κ3) is 3.08. The van der Waals surface area contributed by atoms with Gasteiger partial charge in [-0.15, -0.1) is 0 Å². The molecule has 2 aromatic carbocycles. The standard InChI is InChI=1S/C17H10FNO3S2/c18-13-7-2-1-4-10(13)9-14-15(20)19(17(23)24-14)12-6-3-5-11(8-12)16(21)22/h1-9H,(H,21,22). The lowest BCUT2D eigenvalue weighted by Gasteiger charge is -2.14. The van der Waals surface area contributed by atoms with E-state index in [0.717, 1.165) is 11.8 Å². The molecule has 1 aliphatic rings. The number of carboxylic acid groups (broad SMARTS) is 1. The van der Waals surface area contributed by atoms with E-state index >= 15 is 0 Å². The summed E-state index contributed by atoms with van der Waals surface area (Å²) in [6, 6.07) is 12.1. The number of halogens is 1. The minimum Gasteiger partial charge on any atom is -0.478 e. The van der Waals surface area contributed by atoms with Crippen molar-refractivity contribution in [3.63, 3.8) is 0 Å². The quantitative estimate of drug-likeness (QED) is 0.665. The molecule has 0 radical (unpaired) electrons. The fourth-order valence-electron chi connectivity index (χ4n) is 2.20. The second-order valence-corrected chi connectivity index (χ2v) is 6.57. The first-order valence-electron chi connectivity index (χ1n) is 6.83. The molecule has 0 aliphatic carbocycles. The van der Waals surface area contributed by atoms with Crippen molar-refractivity contribution in [2.45, 2.75) is 0 Å². The molecule has 0 spiro atoms. The number of anilines is 1. The van der Waals surface area contributed by atoms with Gasteiger partial charge in [-0.1, -0.05) is 48.2 Å². The summed E-state index contributed by atoms with van der Waals surface area (Å²) in [5.41, 5.74) is 0.714. The van der Waals surface area contributed by atoms with Crippen molar-refractivity contribution >= 4 is 51.9 Å². The zero-order valence-corrected chi connectivity index (χ0v) is 13.7. The first-order chi connectivity index (χ1) is 11.5. The van der Waals surface area contributed by atoms with Crippen molar-refractivity contribution in [2.24, 2.45) is 0 Å². The van der Waals surface area contributed by atoms with E-state index in [0.29, 0.717) is 5.69 Å². The number of thiocarbonyl (C=S) groups is 1. The predicted molar refractivity (Wildman–Crippen MR) is 95.5 cm³/mol. The number of amides is 1. The summed E-state index contributed by atoms with van der Waals surface area (Å²) in [6.07, 6.45) is 1.44. The van der Waals surface area contributed by atoms with Crippen LogP contribution in [0.3, 0.4) is 0 Å². The third-order valence-corrected chi connectivity index (χ3v) is 4.64. The lowest BCUT2D eigenvalue weighted by atomic mass is 10.1. The molecule has 4 nitrogen and oxygen atoms in total. The maximum atomic E-state index is 13.8. The summed E-state index contributed by atoms with van der Waals surface area (Å²) in [5, 5.41) is 9.07. The molecule has 7 heteroatoms. The molecule has 0 bridgehead atoms. The van der Waals surface area contributed by atoms with Gasteiger partial charge in [0, 0.05) is 5.56 Å². The maximum Gasteiger partial charge on any atom is 0.335 e. The van der Waals surface area contributed by atoms with Crippen LogP contribution in [-0.4, -0.2) is 21.3 Å². The Bertz CT molecular complexity index is 895. The largest absolute Gasteiger partial charge is 0.478 e. The normalized spacial score (nSPS) is 16.0. The van der Waals surface area contributed by atoms with Crippen molar-refractivity contribution in [1.82, 2.24) is 0 Å². The molecular weight excluding hydrogens is 349 g/mol. The Kier molecular flexibility index (Phi) is 4.46. The Morgan fingerprint density at radius 1 is 1.21 bits per heavy atom. The Hall–Kier alpha value is -2.51. The average molecular weight is 359 g/mol. The summed E-state index contributed by atoms with van der Waals surface area (Å²) in [4.78, 5) is 25.2. The topological polar surface area (TPSA) is 57.6 Å². The van der Waals surface area contributed by atoms with Crippen LogP contribution in [0.15, 0.2) is 53.4 Å². The van der Waals surface area contributed by atoms with Crippen molar-refractivity contribution < 1.29 is 19.1 Å². The van der Waals surface area contributed by atoms with Crippen LogP contribution in [0.2, 0.25) is 0 Å². The first kappa shape index (κ1) is 16.4. The molecule has 1 fully saturated rings. The predicted octanol–water partition coefficient (Wildman–Crippen LogP) is 3.93. The van der Waals surface area contributed by atoms with E-state index < -0.39 is 17.7 Å². The van der Waals surface area contributed by atoms with Gasteiger partial charge in [-0.2, -0.15) is 0 Å². The van der Waals surface area contributed by atoms with Gasteiger partial charge < -0.3 is 5.11 Å². The zero-order valence-electron chi connectivity index (χ0n) is 12.1. The highest BCUT2D eigenvalue weighted by Gasteiger charge is 2.33. The van der Waals surface area contributed by atoms with E-state index in [1.54, 1.807) is 24.3 Å². The smallest absolute Gasteiger partial charge is 0.335 e. The van der Waals surface area contributed by atoms with Gasteiger partial charge in [-0.25, -0.2) is 9.18 Å². The Labute approximate surface area is 146 Å². The fourth-order valence-corrected chi connectivity index (χ4v) is 3.49. The van der Waals surface area contributed by atoms with E-state index in [1.165, 1.54) is 35.2 Å². The maximum absolute atomic E-state index is 13.8. The van der Waals surface area contributed by atoms with Gasteiger partial charge in [0.25, 0.3) is 5.91 Å². The number of carbonyl (C=O) groups excluding carboxylic acids is 1. The second kappa shape index (κ2) is 6.54. The molecule has 24 heavy (non-hydrogen) atoms. The molecule has 1 heterocycles. The van der Waals surface area contributed by atoms with Crippen LogP contribution in [0.1, 0.15) is 15.9 Å². The number of aromatic carboxylic acids is 1. The molecule has 1 saturated heterocycles. The number of benzene rings is 2. The molecule has 1 N–H and O–H groups in total. The SMILES string of the molecule is O=C(O)c1cccc(N2C(=O)C(=Cc3ccccc3F)SC2=S)c1. The first-order valence-corrected chi connectivity index (χ1v) is 8.05. The average Bonchev–Trinajstić information content (AvgIpc) is 2.83. The fraction of sp³-hybridized carbons (Fsp3) is 0. The van der Waals surface area contributed by atoms with Gasteiger partial charge in [0.15, 0.2) is 4.32 Å². The summed E-state index contributed by atoms with van der Waals surface area (Å²) >= 11 is 6.27. The van der Waals surface area contributed by atoms with Gasteiger partial charge in [0.05, 0.1) is 16.2 Å². The van der Waals surface area contributed by atoms with Gasteiger partial charge in [0.2, 0.25) is 0 Å². The molecule has 120 valence electrons. The van der Waals surface area contributed by atoms with Crippen LogP contribution >= 0.6 is 24.0 Å². The Morgan fingerprint density at radius 2 is 1.96 bits per heavy atom. The lowest BCUT2D eigenvalue weighted by molar-refractivity contribution is -0.113. The number of thioether (sulfide) groups is 1. The highest BCUT2D eigenvalue weighted by Crippen LogP contribution is 2.36. The summed E-state index contributed by atoms with van der Waals surface area (Å²) in [6.45, 7) is 0. The molecule has 1 aliphatic heterocycles. The molecule has 1 amide bonds. The number of carboxylic acids is 1. The molecule has 0 atom stereocenters. The van der Waals surface area contributed by atoms with E-state index in [9.17, 15) is 14.0 Å². The van der Waals surface area contributed by atoms with Crippen molar-refractivity contribution in [1.29, 1.82) is 0 Å². The molecule has 3 rings (SSSR count). The number of hydrogen-bond donors (Lipinski definition) is 1. The van der Waals surface area contributed by atoms with E-state index in [-0.39, 0.29) is 20.4 Å². The van der Waals surface area contributed by atoms with Gasteiger partial charge in [0.1, 0.15) is 5.82 Å². The number of nitrogens with zero attached hydrogens (tertiary/aromatic N) is 1. The van der Waals surface area contributed by atoms with Gasteiger partial charge >= 0.3 is 5.97 Å².